The number of rotatable bonds is 7. The summed E-state index contributed by atoms with van der Waals surface area (Å²) in [6, 6.07) is 0.486. The van der Waals surface area contributed by atoms with Gasteiger partial charge in [0.25, 0.3) is 0 Å². The van der Waals surface area contributed by atoms with Gasteiger partial charge in [0.1, 0.15) is 0 Å². The van der Waals surface area contributed by atoms with E-state index in [4.69, 9.17) is 0 Å². The van der Waals surface area contributed by atoms with Crippen LogP contribution in [0.3, 0.4) is 0 Å². The molecule has 0 aromatic carbocycles. The van der Waals surface area contributed by atoms with Crippen LogP contribution in [0.4, 0.5) is 0 Å². The molecule has 17 heavy (non-hydrogen) atoms. The highest BCUT2D eigenvalue weighted by Crippen LogP contribution is 2.20. The fourth-order valence-corrected chi connectivity index (χ4v) is 2.60. The lowest BCUT2D eigenvalue weighted by molar-refractivity contribution is -0.131. The molecular formula is C14H28N2O. The van der Waals surface area contributed by atoms with Gasteiger partial charge in [0, 0.05) is 6.04 Å². The Morgan fingerprint density at radius 1 is 1.29 bits per heavy atom. The molecule has 1 amide bonds. The first-order valence-electron chi connectivity index (χ1n) is 7.15. The molecule has 2 unspecified atom stereocenters. The zero-order chi connectivity index (χ0) is 12.8. The Kier molecular flexibility index (Phi) is 5.96. The predicted molar refractivity (Wildman–Crippen MR) is 71.7 cm³/mol. The van der Waals surface area contributed by atoms with E-state index >= 15 is 0 Å². The van der Waals surface area contributed by atoms with E-state index in [1.807, 2.05) is 0 Å². The van der Waals surface area contributed by atoms with Crippen molar-refractivity contribution >= 4 is 5.91 Å². The van der Waals surface area contributed by atoms with Crippen LogP contribution in [0.2, 0.25) is 0 Å². The van der Waals surface area contributed by atoms with Crippen molar-refractivity contribution in [3.05, 3.63) is 0 Å². The molecule has 1 N–H and O–H groups in total. The van der Waals surface area contributed by atoms with Gasteiger partial charge in [0.15, 0.2) is 0 Å². The van der Waals surface area contributed by atoms with Crippen LogP contribution in [0.5, 0.6) is 0 Å². The normalized spacial score (nSPS) is 22.5. The van der Waals surface area contributed by atoms with Gasteiger partial charge in [0.2, 0.25) is 5.91 Å². The van der Waals surface area contributed by atoms with Gasteiger partial charge in [-0.3, -0.25) is 10.1 Å². The van der Waals surface area contributed by atoms with E-state index in [1.165, 1.54) is 12.8 Å². The molecule has 1 aliphatic heterocycles. The molecule has 0 aliphatic carbocycles. The van der Waals surface area contributed by atoms with Crippen molar-refractivity contribution < 1.29 is 4.79 Å². The van der Waals surface area contributed by atoms with Crippen molar-refractivity contribution in [3.63, 3.8) is 0 Å². The standard InChI is InChI=1S/C14H28N2O/c1-5-7-9-12(8-6-2)16-10-15-13(11(3)4)14(16)17/h11-13,15H,5-10H2,1-4H3. The van der Waals surface area contributed by atoms with E-state index in [0.717, 1.165) is 25.9 Å². The fourth-order valence-electron chi connectivity index (χ4n) is 2.60. The number of hydrogen-bond donors (Lipinski definition) is 1. The third-order valence-electron chi connectivity index (χ3n) is 3.65. The van der Waals surface area contributed by atoms with Gasteiger partial charge in [-0.25, -0.2) is 0 Å². The van der Waals surface area contributed by atoms with E-state index in [9.17, 15) is 4.79 Å². The number of hydrogen-bond acceptors (Lipinski definition) is 2. The Balaban J connectivity index is 2.59. The van der Waals surface area contributed by atoms with Crippen LogP contribution < -0.4 is 5.32 Å². The first kappa shape index (κ1) is 14.5. The lowest BCUT2D eigenvalue weighted by atomic mass is 10.0. The second kappa shape index (κ2) is 7.00. The summed E-state index contributed by atoms with van der Waals surface area (Å²) in [6.45, 7) is 9.38. The summed E-state index contributed by atoms with van der Waals surface area (Å²) < 4.78 is 0. The third-order valence-corrected chi connectivity index (χ3v) is 3.65. The van der Waals surface area contributed by atoms with Crippen molar-refractivity contribution in [2.24, 2.45) is 5.92 Å². The van der Waals surface area contributed by atoms with E-state index in [2.05, 4.69) is 37.9 Å². The first-order chi connectivity index (χ1) is 8.11. The van der Waals surface area contributed by atoms with Crippen LogP contribution in [0.15, 0.2) is 0 Å². The van der Waals surface area contributed by atoms with Gasteiger partial charge < -0.3 is 4.90 Å². The summed E-state index contributed by atoms with van der Waals surface area (Å²) in [4.78, 5) is 14.4. The Hall–Kier alpha value is -0.570. The number of carbonyl (C=O) groups excluding carboxylic acids is 1. The van der Waals surface area contributed by atoms with Crippen molar-refractivity contribution in [1.29, 1.82) is 0 Å². The predicted octanol–water partition coefficient (Wildman–Crippen LogP) is 2.76. The Morgan fingerprint density at radius 2 is 2.00 bits per heavy atom. The second-order valence-electron chi connectivity index (χ2n) is 5.48. The summed E-state index contributed by atoms with van der Waals surface area (Å²) in [6.07, 6.45) is 5.88. The molecule has 0 aromatic rings. The number of amides is 1. The van der Waals surface area contributed by atoms with Gasteiger partial charge in [0.05, 0.1) is 12.7 Å². The molecule has 3 nitrogen and oxygen atoms in total. The minimum atomic E-state index is 0.0379. The molecule has 1 fully saturated rings. The highest BCUT2D eigenvalue weighted by Gasteiger charge is 2.36. The maximum absolute atomic E-state index is 12.3. The van der Waals surface area contributed by atoms with Crippen molar-refractivity contribution in [3.8, 4) is 0 Å². The molecule has 0 bridgehead atoms. The Morgan fingerprint density at radius 3 is 2.47 bits per heavy atom. The molecule has 2 atom stereocenters. The lowest BCUT2D eigenvalue weighted by Crippen LogP contribution is -2.40. The zero-order valence-electron chi connectivity index (χ0n) is 11.8. The van der Waals surface area contributed by atoms with Crippen molar-refractivity contribution in [2.75, 3.05) is 6.67 Å². The summed E-state index contributed by atoms with van der Waals surface area (Å²) in [5.74, 6) is 0.704. The molecule has 1 aliphatic rings. The molecule has 3 heteroatoms. The molecule has 1 saturated heterocycles. The molecule has 0 aromatic heterocycles. The maximum Gasteiger partial charge on any atom is 0.241 e. The van der Waals surface area contributed by atoms with E-state index in [-0.39, 0.29) is 6.04 Å². The molecule has 0 spiro atoms. The van der Waals surface area contributed by atoms with E-state index in [1.54, 1.807) is 0 Å². The SMILES string of the molecule is CCCCC(CCC)N1CNC(C(C)C)C1=O. The van der Waals surface area contributed by atoms with E-state index < -0.39 is 0 Å². The van der Waals surface area contributed by atoms with Gasteiger partial charge in [-0.1, -0.05) is 47.0 Å². The van der Waals surface area contributed by atoms with E-state index in [0.29, 0.717) is 17.9 Å². The summed E-state index contributed by atoms with van der Waals surface area (Å²) >= 11 is 0. The van der Waals surface area contributed by atoms with Crippen LogP contribution in [0.1, 0.15) is 59.8 Å². The van der Waals surface area contributed by atoms with Crippen LogP contribution >= 0.6 is 0 Å². The molecular weight excluding hydrogens is 212 g/mol. The average Bonchev–Trinajstić information content (AvgIpc) is 2.66. The largest absolute Gasteiger partial charge is 0.326 e. The van der Waals surface area contributed by atoms with Crippen molar-refractivity contribution in [2.45, 2.75) is 71.9 Å². The minimum absolute atomic E-state index is 0.0379. The number of unbranched alkanes of at least 4 members (excludes halogenated alkanes) is 1. The molecule has 1 heterocycles. The molecule has 100 valence electrons. The van der Waals surface area contributed by atoms with Gasteiger partial charge in [-0.05, 0) is 18.8 Å². The molecule has 0 radical (unpaired) electrons. The lowest BCUT2D eigenvalue weighted by Gasteiger charge is -2.27. The fraction of sp³-hybridized carbons (Fsp3) is 0.929. The van der Waals surface area contributed by atoms with Crippen LogP contribution in [0.25, 0.3) is 0 Å². The summed E-state index contributed by atoms with van der Waals surface area (Å²) in [5.41, 5.74) is 0. The van der Waals surface area contributed by atoms with Crippen molar-refractivity contribution in [1.82, 2.24) is 10.2 Å². The Labute approximate surface area is 106 Å². The first-order valence-corrected chi connectivity index (χ1v) is 7.15. The van der Waals surface area contributed by atoms with Gasteiger partial charge >= 0.3 is 0 Å². The van der Waals surface area contributed by atoms with Gasteiger partial charge in [-0.15, -0.1) is 0 Å². The van der Waals surface area contributed by atoms with Crippen LogP contribution in [0, 0.1) is 5.92 Å². The smallest absolute Gasteiger partial charge is 0.241 e. The Bertz CT molecular complexity index is 240. The second-order valence-corrected chi connectivity index (χ2v) is 5.48. The third kappa shape index (κ3) is 3.70. The molecule has 1 rings (SSSR count). The summed E-state index contributed by atoms with van der Waals surface area (Å²) in [5, 5.41) is 3.35. The van der Waals surface area contributed by atoms with Gasteiger partial charge in [-0.2, -0.15) is 0 Å². The number of nitrogens with zero attached hydrogens (tertiary/aromatic N) is 1. The number of nitrogens with one attached hydrogen (secondary N) is 1. The molecule has 0 saturated carbocycles. The maximum atomic E-state index is 12.3. The topological polar surface area (TPSA) is 32.3 Å². The minimum Gasteiger partial charge on any atom is -0.326 e. The highest BCUT2D eigenvalue weighted by atomic mass is 16.2. The zero-order valence-corrected chi connectivity index (χ0v) is 11.8. The monoisotopic (exact) mass is 240 g/mol. The van der Waals surface area contributed by atoms with Crippen LogP contribution in [-0.2, 0) is 4.79 Å². The summed E-state index contributed by atoms with van der Waals surface area (Å²) in [7, 11) is 0. The average molecular weight is 240 g/mol. The number of carbonyl (C=O) groups is 1. The quantitative estimate of drug-likeness (QED) is 0.742. The van der Waals surface area contributed by atoms with Crippen LogP contribution in [-0.4, -0.2) is 29.6 Å². The highest BCUT2D eigenvalue weighted by molar-refractivity contribution is 5.84.